The lowest BCUT2D eigenvalue weighted by atomic mass is 9.84. The van der Waals surface area contributed by atoms with Crippen LogP contribution in [0.1, 0.15) is 66.0 Å². The molecular weight excluding hydrogens is 436 g/mol. The highest BCUT2D eigenvalue weighted by Crippen LogP contribution is 2.25. The fourth-order valence-electron chi connectivity index (χ4n) is 3.89. The van der Waals surface area contributed by atoms with Crippen molar-refractivity contribution in [2.24, 2.45) is 5.92 Å². The summed E-state index contributed by atoms with van der Waals surface area (Å²) in [4.78, 5) is 16.2. The number of nitrogens with zero attached hydrogens (tertiary/aromatic N) is 2. The molecule has 1 aromatic rings. The molecule has 196 valence electrons. The third-order valence-corrected chi connectivity index (χ3v) is 6.64. The number of carboxylic acids is 1. The van der Waals surface area contributed by atoms with Crippen LogP contribution >= 0.6 is 0 Å². The normalized spacial score (nSPS) is 12.7. The summed E-state index contributed by atoms with van der Waals surface area (Å²) in [5, 5.41) is 9.43. The minimum atomic E-state index is -0.872. The quantitative estimate of drug-likeness (QED) is 0.221. The molecule has 1 rings (SSSR count). The molecular formula is C30H48N2O3. The molecule has 0 radical (unpaired) electrons. The third-order valence-electron chi connectivity index (χ3n) is 6.64. The van der Waals surface area contributed by atoms with Gasteiger partial charge in [-0.15, -0.1) is 0 Å². The van der Waals surface area contributed by atoms with Crippen molar-refractivity contribution in [3.8, 4) is 0 Å². The van der Waals surface area contributed by atoms with Crippen molar-refractivity contribution < 1.29 is 14.6 Å². The van der Waals surface area contributed by atoms with Crippen LogP contribution in [-0.2, 0) is 21.4 Å². The van der Waals surface area contributed by atoms with Gasteiger partial charge in [0, 0.05) is 31.1 Å². The van der Waals surface area contributed by atoms with Gasteiger partial charge in [-0.2, -0.15) is 0 Å². The summed E-state index contributed by atoms with van der Waals surface area (Å²) in [6.45, 7) is 22.7. The summed E-state index contributed by atoms with van der Waals surface area (Å²) in [6, 6.07) is 7.99. The Hall–Kier alpha value is -2.37. The maximum atomic E-state index is 11.5. The van der Waals surface area contributed by atoms with E-state index in [-0.39, 0.29) is 0 Å². The Balaban J connectivity index is 2.69. The maximum Gasteiger partial charge on any atom is 0.313 e. The monoisotopic (exact) mass is 484 g/mol. The molecule has 0 aliphatic heterocycles. The largest absolute Gasteiger partial charge is 0.481 e. The summed E-state index contributed by atoms with van der Waals surface area (Å²) >= 11 is 0. The van der Waals surface area contributed by atoms with E-state index in [0.29, 0.717) is 19.1 Å². The van der Waals surface area contributed by atoms with Crippen LogP contribution in [0, 0.1) is 5.92 Å². The molecule has 0 aromatic heterocycles. The number of likely N-dealkylation sites (N-methyl/N-ethyl adjacent to an activating group) is 1. The molecule has 0 fully saturated rings. The number of hydrogen-bond acceptors (Lipinski definition) is 4. The number of carboxylic acid groups (broad SMARTS) is 1. The smallest absolute Gasteiger partial charge is 0.313 e. The molecule has 1 aromatic carbocycles. The average molecular weight is 485 g/mol. The van der Waals surface area contributed by atoms with Gasteiger partial charge in [-0.25, -0.2) is 0 Å². The average Bonchev–Trinajstić information content (AvgIpc) is 2.82. The highest BCUT2D eigenvalue weighted by Gasteiger charge is 2.29. The maximum absolute atomic E-state index is 11.5. The Morgan fingerprint density at radius 3 is 2.31 bits per heavy atom. The number of allylic oxidation sites excluding steroid dienone is 4. The van der Waals surface area contributed by atoms with E-state index >= 15 is 0 Å². The zero-order chi connectivity index (χ0) is 26.6. The van der Waals surface area contributed by atoms with Gasteiger partial charge in [0.05, 0.1) is 12.0 Å². The molecule has 0 saturated heterocycles. The fourth-order valence-corrected chi connectivity index (χ4v) is 3.89. The molecule has 0 spiro atoms. The van der Waals surface area contributed by atoms with E-state index in [0.717, 1.165) is 43.7 Å². The number of benzene rings is 1. The van der Waals surface area contributed by atoms with Crippen molar-refractivity contribution in [3.63, 3.8) is 0 Å². The Morgan fingerprint density at radius 2 is 1.80 bits per heavy atom. The predicted molar refractivity (Wildman–Crippen MR) is 148 cm³/mol. The number of carbonyl (C=O) groups is 1. The van der Waals surface area contributed by atoms with Gasteiger partial charge in [0.1, 0.15) is 0 Å². The first-order chi connectivity index (χ1) is 16.4. The summed E-state index contributed by atoms with van der Waals surface area (Å²) in [7, 11) is 2.16. The van der Waals surface area contributed by atoms with Crippen LogP contribution in [0.25, 0.3) is 0 Å². The molecule has 1 unspecified atom stereocenters. The molecule has 35 heavy (non-hydrogen) atoms. The molecule has 5 nitrogen and oxygen atoms in total. The Labute approximate surface area is 214 Å². The van der Waals surface area contributed by atoms with Crippen LogP contribution in [-0.4, -0.2) is 60.8 Å². The molecule has 0 aliphatic carbocycles. The Kier molecular flexibility index (Phi) is 13.1. The van der Waals surface area contributed by atoms with Gasteiger partial charge >= 0.3 is 5.97 Å². The number of hydrogen-bond donors (Lipinski definition) is 1. The van der Waals surface area contributed by atoms with Crippen molar-refractivity contribution >= 4 is 5.97 Å². The van der Waals surface area contributed by atoms with E-state index in [4.69, 9.17) is 4.74 Å². The van der Waals surface area contributed by atoms with Gasteiger partial charge in [-0.05, 0) is 91.1 Å². The van der Waals surface area contributed by atoms with E-state index < -0.39 is 11.4 Å². The summed E-state index contributed by atoms with van der Waals surface area (Å²) in [5.74, 6) is -0.462. The van der Waals surface area contributed by atoms with Crippen molar-refractivity contribution in [2.45, 2.75) is 66.7 Å². The van der Waals surface area contributed by atoms with E-state index in [1.165, 1.54) is 16.8 Å². The molecule has 0 saturated carbocycles. The van der Waals surface area contributed by atoms with Crippen LogP contribution in [0.3, 0.4) is 0 Å². The SMILES string of the molecule is C=C(C(C)CCN(C)CCc1ccc(C(C)(C)C(=O)O)cc1)N(CCOCC)C(/C=C\C)=C(C)C. The van der Waals surface area contributed by atoms with Crippen molar-refractivity contribution in [1.82, 2.24) is 9.80 Å². The molecule has 1 N–H and O–H groups in total. The zero-order valence-electron chi connectivity index (χ0n) is 23.4. The highest BCUT2D eigenvalue weighted by molar-refractivity contribution is 5.80. The summed E-state index contributed by atoms with van der Waals surface area (Å²) in [6.07, 6.45) is 6.20. The minimum absolute atomic E-state index is 0.344. The van der Waals surface area contributed by atoms with E-state index in [9.17, 15) is 9.90 Å². The third kappa shape index (κ3) is 9.65. The zero-order valence-corrected chi connectivity index (χ0v) is 23.4. The molecule has 1 atom stereocenters. The molecule has 0 bridgehead atoms. The minimum Gasteiger partial charge on any atom is -0.481 e. The molecule has 0 aliphatic rings. The van der Waals surface area contributed by atoms with Crippen molar-refractivity contribution in [1.29, 1.82) is 0 Å². The van der Waals surface area contributed by atoms with Crippen molar-refractivity contribution in [2.75, 3.05) is 39.9 Å². The summed E-state index contributed by atoms with van der Waals surface area (Å²) < 4.78 is 5.64. The van der Waals surface area contributed by atoms with Crippen LogP contribution in [0.15, 0.2) is 60.0 Å². The van der Waals surface area contributed by atoms with Gasteiger partial charge in [0.2, 0.25) is 0 Å². The van der Waals surface area contributed by atoms with E-state index in [1.807, 2.05) is 26.0 Å². The number of rotatable bonds is 16. The first-order valence-corrected chi connectivity index (χ1v) is 12.8. The van der Waals surface area contributed by atoms with Gasteiger partial charge < -0.3 is 19.6 Å². The van der Waals surface area contributed by atoms with Crippen LogP contribution in [0.2, 0.25) is 0 Å². The van der Waals surface area contributed by atoms with Crippen LogP contribution < -0.4 is 0 Å². The lowest BCUT2D eigenvalue weighted by Gasteiger charge is -2.33. The van der Waals surface area contributed by atoms with Gasteiger partial charge in [0.25, 0.3) is 0 Å². The summed E-state index contributed by atoms with van der Waals surface area (Å²) in [5.41, 5.74) is 4.78. The highest BCUT2D eigenvalue weighted by atomic mass is 16.5. The first-order valence-electron chi connectivity index (χ1n) is 12.8. The predicted octanol–water partition coefficient (Wildman–Crippen LogP) is 6.27. The van der Waals surface area contributed by atoms with Crippen molar-refractivity contribution in [3.05, 3.63) is 71.1 Å². The number of aliphatic carboxylic acids is 1. The van der Waals surface area contributed by atoms with E-state index in [2.05, 4.69) is 68.5 Å². The second kappa shape index (κ2) is 14.9. The Morgan fingerprint density at radius 1 is 1.17 bits per heavy atom. The molecule has 0 heterocycles. The van der Waals surface area contributed by atoms with Crippen LogP contribution in [0.4, 0.5) is 0 Å². The first kappa shape index (κ1) is 30.7. The van der Waals surface area contributed by atoms with Gasteiger partial charge in [-0.3, -0.25) is 4.79 Å². The van der Waals surface area contributed by atoms with Gasteiger partial charge in [-0.1, -0.05) is 49.4 Å². The molecule has 5 heteroatoms. The standard InChI is InChI=1S/C30H48N2O3/c1-10-12-28(23(3)4)32(21-22-35-11-2)25(6)24(5)17-19-31(9)20-18-26-13-15-27(16-14-26)30(7,8)29(33)34/h10,12-16,24H,6,11,17-22H2,1-5,7-9H3,(H,33,34)/b12-10-. The number of ether oxygens (including phenoxy) is 1. The second-order valence-corrected chi connectivity index (χ2v) is 10.1. The van der Waals surface area contributed by atoms with E-state index in [1.54, 1.807) is 13.8 Å². The second-order valence-electron chi connectivity index (χ2n) is 10.1. The van der Waals surface area contributed by atoms with Gasteiger partial charge in [0.15, 0.2) is 0 Å². The lowest BCUT2D eigenvalue weighted by molar-refractivity contribution is -0.142. The van der Waals surface area contributed by atoms with Crippen LogP contribution in [0.5, 0.6) is 0 Å². The fraction of sp³-hybridized carbons (Fsp3) is 0.567. The Bertz CT molecular complexity index is 864. The molecule has 0 amide bonds. The lowest BCUT2D eigenvalue weighted by Crippen LogP contribution is -2.31. The topological polar surface area (TPSA) is 53.0 Å².